The van der Waals surface area contributed by atoms with Gasteiger partial charge in [-0.3, -0.25) is 0 Å². The number of hydrogen-bond donors (Lipinski definition) is 0. The summed E-state index contributed by atoms with van der Waals surface area (Å²) in [6.45, 7) is 7.18. The molecule has 1 heterocycles. The van der Waals surface area contributed by atoms with Gasteiger partial charge >= 0.3 is 0 Å². The van der Waals surface area contributed by atoms with Crippen molar-refractivity contribution in [2.75, 3.05) is 6.61 Å². The van der Waals surface area contributed by atoms with Gasteiger partial charge in [-0.1, -0.05) is 18.2 Å². The SMILES string of the molecule is CC(C)(C)OCC1Cc2ccccc2S1. The van der Waals surface area contributed by atoms with Crippen LogP contribution in [0.15, 0.2) is 29.2 Å². The van der Waals surface area contributed by atoms with Gasteiger partial charge in [0.15, 0.2) is 0 Å². The maximum Gasteiger partial charge on any atom is 0.0599 e. The average Bonchev–Trinajstić information content (AvgIpc) is 2.56. The first-order valence-corrected chi connectivity index (χ1v) is 6.31. The second kappa shape index (κ2) is 4.18. The summed E-state index contributed by atoms with van der Waals surface area (Å²) in [5, 5.41) is 0.599. The van der Waals surface area contributed by atoms with Crippen LogP contribution in [0.25, 0.3) is 0 Å². The van der Waals surface area contributed by atoms with Gasteiger partial charge in [-0.2, -0.15) is 0 Å². The molecule has 0 aromatic heterocycles. The van der Waals surface area contributed by atoms with Gasteiger partial charge in [0.1, 0.15) is 0 Å². The molecule has 0 amide bonds. The molecule has 1 atom stereocenters. The van der Waals surface area contributed by atoms with Crippen LogP contribution in [0.1, 0.15) is 26.3 Å². The van der Waals surface area contributed by atoms with E-state index in [-0.39, 0.29) is 5.60 Å². The maximum atomic E-state index is 5.82. The fraction of sp³-hybridized carbons (Fsp3) is 0.538. The average molecular weight is 222 g/mol. The molecule has 1 aliphatic heterocycles. The Hall–Kier alpha value is -0.470. The molecule has 1 aliphatic rings. The molecule has 0 aliphatic carbocycles. The van der Waals surface area contributed by atoms with Gasteiger partial charge in [0.25, 0.3) is 0 Å². The molecule has 82 valence electrons. The smallest absolute Gasteiger partial charge is 0.0599 e. The van der Waals surface area contributed by atoms with E-state index in [4.69, 9.17) is 4.74 Å². The van der Waals surface area contributed by atoms with Gasteiger partial charge in [-0.15, -0.1) is 11.8 Å². The maximum absolute atomic E-state index is 5.82. The second-order valence-electron chi connectivity index (χ2n) is 4.98. The highest BCUT2D eigenvalue weighted by atomic mass is 32.2. The third-order valence-corrected chi connectivity index (χ3v) is 3.70. The van der Waals surface area contributed by atoms with E-state index >= 15 is 0 Å². The summed E-state index contributed by atoms with van der Waals surface area (Å²) in [6.07, 6.45) is 1.15. The fourth-order valence-corrected chi connectivity index (χ4v) is 2.91. The molecule has 2 rings (SSSR count). The zero-order valence-electron chi connectivity index (χ0n) is 9.62. The van der Waals surface area contributed by atoms with E-state index in [2.05, 4.69) is 45.0 Å². The monoisotopic (exact) mass is 222 g/mol. The summed E-state index contributed by atoms with van der Waals surface area (Å²) in [5.74, 6) is 0. The lowest BCUT2D eigenvalue weighted by molar-refractivity contribution is -0.00150. The van der Waals surface area contributed by atoms with Crippen LogP contribution in [-0.4, -0.2) is 17.5 Å². The standard InChI is InChI=1S/C13H18OS/c1-13(2,3)14-9-11-8-10-6-4-5-7-12(10)15-11/h4-7,11H,8-9H2,1-3H3. The van der Waals surface area contributed by atoms with Crippen molar-refractivity contribution >= 4 is 11.8 Å². The third kappa shape index (κ3) is 2.99. The predicted octanol–water partition coefficient (Wildman–Crippen LogP) is 3.52. The van der Waals surface area contributed by atoms with Gasteiger partial charge < -0.3 is 4.74 Å². The van der Waals surface area contributed by atoms with E-state index in [0.29, 0.717) is 5.25 Å². The molecule has 0 saturated heterocycles. The van der Waals surface area contributed by atoms with Crippen molar-refractivity contribution in [1.82, 2.24) is 0 Å². The van der Waals surface area contributed by atoms with E-state index in [1.54, 1.807) is 0 Å². The molecule has 2 heteroatoms. The Labute approximate surface area is 96.2 Å². The third-order valence-electron chi connectivity index (χ3n) is 2.42. The van der Waals surface area contributed by atoms with Crippen molar-refractivity contribution in [3.8, 4) is 0 Å². The summed E-state index contributed by atoms with van der Waals surface area (Å²) in [4.78, 5) is 1.43. The lowest BCUT2D eigenvalue weighted by atomic mass is 10.1. The Morgan fingerprint density at radius 3 is 2.73 bits per heavy atom. The largest absolute Gasteiger partial charge is 0.375 e. The molecular weight excluding hydrogens is 204 g/mol. The summed E-state index contributed by atoms with van der Waals surface area (Å²) < 4.78 is 5.82. The van der Waals surface area contributed by atoms with Crippen LogP contribution < -0.4 is 0 Å². The molecule has 0 bridgehead atoms. The lowest BCUT2D eigenvalue weighted by Gasteiger charge is -2.21. The minimum Gasteiger partial charge on any atom is -0.375 e. The molecule has 1 unspecified atom stereocenters. The van der Waals surface area contributed by atoms with Crippen molar-refractivity contribution in [2.45, 2.75) is 42.9 Å². The molecule has 0 N–H and O–H groups in total. The zero-order chi connectivity index (χ0) is 10.9. The van der Waals surface area contributed by atoms with Gasteiger partial charge in [-0.05, 0) is 38.8 Å². The van der Waals surface area contributed by atoms with Crippen molar-refractivity contribution in [3.05, 3.63) is 29.8 Å². The first-order chi connectivity index (χ1) is 7.04. The Kier molecular flexibility index (Phi) is 3.08. The highest BCUT2D eigenvalue weighted by Gasteiger charge is 2.23. The van der Waals surface area contributed by atoms with Crippen LogP contribution in [0.5, 0.6) is 0 Å². The number of hydrogen-bond acceptors (Lipinski definition) is 2. The van der Waals surface area contributed by atoms with Crippen molar-refractivity contribution in [3.63, 3.8) is 0 Å². The first kappa shape index (κ1) is 11.0. The van der Waals surface area contributed by atoms with E-state index in [1.165, 1.54) is 10.5 Å². The minimum atomic E-state index is -0.0185. The van der Waals surface area contributed by atoms with Crippen LogP contribution >= 0.6 is 11.8 Å². The van der Waals surface area contributed by atoms with E-state index in [0.717, 1.165) is 13.0 Å². The number of thioether (sulfide) groups is 1. The number of rotatable bonds is 2. The van der Waals surface area contributed by atoms with E-state index in [1.807, 2.05) is 11.8 Å². The quantitative estimate of drug-likeness (QED) is 0.757. The predicted molar refractivity (Wildman–Crippen MR) is 65.5 cm³/mol. The topological polar surface area (TPSA) is 9.23 Å². The minimum absolute atomic E-state index is 0.0185. The second-order valence-corrected chi connectivity index (χ2v) is 6.32. The first-order valence-electron chi connectivity index (χ1n) is 5.43. The molecule has 0 spiro atoms. The molecule has 0 saturated carbocycles. The van der Waals surface area contributed by atoms with Crippen molar-refractivity contribution in [2.24, 2.45) is 0 Å². The number of benzene rings is 1. The Bertz CT molecular complexity index is 316. The molecule has 0 fully saturated rings. The van der Waals surface area contributed by atoms with Gasteiger partial charge in [-0.25, -0.2) is 0 Å². The Morgan fingerprint density at radius 1 is 1.33 bits per heavy atom. The van der Waals surface area contributed by atoms with Crippen LogP contribution in [0.3, 0.4) is 0 Å². The number of fused-ring (bicyclic) bond motifs is 1. The molecule has 1 aromatic rings. The van der Waals surface area contributed by atoms with Gasteiger partial charge in [0, 0.05) is 10.1 Å². The van der Waals surface area contributed by atoms with E-state index < -0.39 is 0 Å². The molecule has 1 nitrogen and oxygen atoms in total. The normalized spacial score (nSPS) is 20.3. The lowest BCUT2D eigenvalue weighted by Crippen LogP contribution is -2.24. The van der Waals surface area contributed by atoms with Gasteiger partial charge in [0.2, 0.25) is 0 Å². The van der Waals surface area contributed by atoms with Crippen LogP contribution in [0, 0.1) is 0 Å². The Morgan fingerprint density at radius 2 is 2.07 bits per heavy atom. The summed E-state index contributed by atoms with van der Waals surface area (Å²) >= 11 is 1.95. The van der Waals surface area contributed by atoms with Crippen LogP contribution in [-0.2, 0) is 11.2 Å². The highest BCUT2D eigenvalue weighted by molar-refractivity contribution is 8.00. The van der Waals surface area contributed by atoms with Crippen molar-refractivity contribution in [1.29, 1.82) is 0 Å². The molecule has 0 radical (unpaired) electrons. The number of ether oxygens (including phenoxy) is 1. The fourth-order valence-electron chi connectivity index (χ4n) is 1.69. The van der Waals surface area contributed by atoms with Crippen LogP contribution in [0.2, 0.25) is 0 Å². The van der Waals surface area contributed by atoms with Gasteiger partial charge in [0.05, 0.1) is 12.2 Å². The van der Waals surface area contributed by atoms with Crippen LogP contribution in [0.4, 0.5) is 0 Å². The zero-order valence-corrected chi connectivity index (χ0v) is 10.4. The van der Waals surface area contributed by atoms with E-state index in [9.17, 15) is 0 Å². The molecule has 1 aromatic carbocycles. The molecular formula is C13H18OS. The highest BCUT2D eigenvalue weighted by Crippen LogP contribution is 2.37. The summed E-state index contributed by atoms with van der Waals surface area (Å²) in [6, 6.07) is 8.65. The molecule has 15 heavy (non-hydrogen) atoms. The summed E-state index contributed by atoms with van der Waals surface area (Å²) in [5.41, 5.74) is 1.46. The van der Waals surface area contributed by atoms with Crippen molar-refractivity contribution < 1.29 is 4.74 Å². The summed E-state index contributed by atoms with van der Waals surface area (Å²) in [7, 11) is 0. The Balaban J connectivity index is 1.91.